The number of carbonyl (C=O) groups excluding carboxylic acids is 1. The van der Waals surface area contributed by atoms with Crippen molar-refractivity contribution in [1.29, 1.82) is 0 Å². The Bertz CT molecular complexity index is 531. The Morgan fingerprint density at radius 1 is 1.35 bits per heavy atom. The number of benzene rings is 1. The zero-order valence-corrected chi connectivity index (χ0v) is 9.65. The summed E-state index contributed by atoms with van der Waals surface area (Å²) in [5.74, 6) is -2.10. The molecule has 1 aliphatic rings. The van der Waals surface area contributed by atoms with Crippen LogP contribution in [-0.4, -0.2) is 16.9 Å². The molecule has 1 unspecified atom stereocenters. The number of aliphatic carboxylic acids is 1. The van der Waals surface area contributed by atoms with E-state index in [-0.39, 0.29) is 11.4 Å². The molecule has 2 rings (SSSR count). The first kappa shape index (κ1) is 11.4. The van der Waals surface area contributed by atoms with Crippen LogP contribution < -0.4 is 5.32 Å². The Kier molecular flexibility index (Phi) is 2.71. The molecule has 4 nitrogen and oxygen atoms in total. The lowest BCUT2D eigenvalue weighted by Crippen LogP contribution is -2.23. The molecule has 1 aliphatic heterocycles. The van der Waals surface area contributed by atoms with Gasteiger partial charge in [-0.15, -0.1) is 0 Å². The van der Waals surface area contributed by atoms with Gasteiger partial charge in [0.25, 0.3) is 0 Å². The van der Waals surface area contributed by atoms with E-state index in [0.717, 1.165) is 11.3 Å². The van der Waals surface area contributed by atoms with Gasteiger partial charge in [-0.25, -0.2) is 0 Å². The number of hydrogen-bond acceptors (Lipinski definition) is 3. The molecule has 88 valence electrons. The maximum absolute atomic E-state index is 11.4. The molecule has 0 bridgehead atoms. The highest BCUT2D eigenvalue weighted by Crippen LogP contribution is 2.35. The molecule has 1 heterocycles. The molecule has 4 heteroatoms. The fourth-order valence-corrected chi connectivity index (χ4v) is 2.03. The van der Waals surface area contributed by atoms with E-state index in [2.05, 4.69) is 5.32 Å². The highest BCUT2D eigenvalue weighted by Gasteiger charge is 2.31. The van der Waals surface area contributed by atoms with Gasteiger partial charge < -0.3 is 10.4 Å². The number of anilines is 1. The third-order valence-corrected chi connectivity index (χ3v) is 2.87. The Balaban J connectivity index is 2.58. The largest absolute Gasteiger partial charge is 0.481 e. The monoisotopic (exact) mass is 231 g/mol. The summed E-state index contributed by atoms with van der Waals surface area (Å²) in [4.78, 5) is 22.8. The van der Waals surface area contributed by atoms with Crippen molar-refractivity contribution in [1.82, 2.24) is 0 Å². The zero-order chi connectivity index (χ0) is 12.6. The highest BCUT2D eigenvalue weighted by molar-refractivity contribution is 6.03. The zero-order valence-electron chi connectivity index (χ0n) is 9.65. The molecular weight excluding hydrogens is 218 g/mol. The summed E-state index contributed by atoms with van der Waals surface area (Å²) in [5.41, 5.74) is 2.65. The van der Waals surface area contributed by atoms with Crippen molar-refractivity contribution in [2.45, 2.75) is 19.8 Å². The molecular formula is C13H13NO3. The number of nitrogens with one attached hydrogen (secondary N) is 1. The van der Waals surface area contributed by atoms with Gasteiger partial charge in [-0.2, -0.15) is 0 Å². The number of carbonyl (C=O) groups is 2. The smallest absolute Gasteiger partial charge is 0.315 e. The van der Waals surface area contributed by atoms with Gasteiger partial charge in [0.2, 0.25) is 0 Å². The van der Waals surface area contributed by atoms with Gasteiger partial charge in [-0.3, -0.25) is 9.59 Å². The van der Waals surface area contributed by atoms with Crippen LogP contribution in [-0.2, 0) is 9.59 Å². The lowest BCUT2D eigenvalue weighted by molar-refractivity contribution is -0.138. The first-order valence-electron chi connectivity index (χ1n) is 5.31. The third-order valence-electron chi connectivity index (χ3n) is 2.87. The standard InChI is InChI=1S/C13H13NO3/c1-7-3-4-11-9(5-7)12(13(16)17)10(6-14-11)8(2)15/h3-6,12,14H,1-2H3,(H,16,17). The van der Waals surface area contributed by atoms with E-state index >= 15 is 0 Å². The minimum atomic E-state index is -1.00. The molecule has 0 amide bonds. The summed E-state index contributed by atoms with van der Waals surface area (Å²) in [5, 5.41) is 12.2. The maximum Gasteiger partial charge on any atom is 0.315 e. The molecule has 0 aromatic heterocycles. The summed E-state index contributed by atoms with van der Waals surface area (Å²) < 4.78 is 0. The van der Waals surface area contributed by atoms with E-state index in [1.54, 1.807) is 6.07 Å². The van der Waals surface area contributed by atoms with E-state index < -0.39 is 11.9 Å². The first-order chi connectivity index (χ1) is 8.00. The predicted molar refractivity (Wildman–Crippen MR) is 63.9 cm³/mol. The van der Waals surface area contributed by atoms with Crippen molar-refractivity contribution in [2.24, 2.45) is 0 Å². The molecule has 0 aliphatic carbocycles. The topological polar surface area (TPSA) is 66.4 Å². The van der Waals surface area contributed by atoms with Crippen LogP contribution in [0.5, 0.6) is 0 Å². The van der Waals surface area contributed by atoms with Gasteiger partial charge in [-0.05, 0) is 25.5 Å². The van der Waals surface area contributed by atoms with Crippen molar-refractivity contribution >= 4 is 17.4 Å². The van der Waals surface area contributed by atoms with Crippen LogP contribution in [0.25, 0.3) is 0 Å². The number of ketones is 1. The lowest BCUT2D eigenvalue weighted by Gasteiger charge is -2.23. The molecule has 17 heavy (non-hydrogen) atoms. The highest BCUT2D eigenvalue weighted by atomic mass is 16.4. The summed E-state index contributed by atoms with van der Waals surface area (Å²) in [6, 6.07) is 5.53. The van der Waals surface area contributed by atoms with E-state index in [1.165, 1.54) is 13.1 Å². The molecule has 0 spiro atoms. The molecule has 2 N–H and O–H groups in total. The second-order valence-electron chi connectivity index (χ2n) is 4.16. The van der Waals surface area contributed by atoms with Gasteiger partial charge in [0.05, 0.1) is 0 Å². The van der Waals surface area contributed by atoms with E-state index in [0.29, 0.717) is 5.56 Å². The number of rotatable bonds is 2. The molecule has 0 saturated carbocycles. The fraction of sp³-hybridized carbons (Fsp3) is 0.231. The molecule has 0 saturated heterocycles. The number of carboxylic acids is 1. The minimum Gasteiger partial charge on any atom is -0.481 e. The molecule has 0 fully saturated rings. The SMILES string of the molecule is CC(=O)C1=CNc2ccc(C)cc2C1C(=O)O. The van der Waals surface area contributed by atoms with E-state index in [9.17, 15) is 14.7 Å². The van der Waals surface area contributed by atoms with Gasteiger partial charge in [0.1, 0.15) is 5.92 Å². The minimum absolute atomic E-state index is 0.225. The van der Waals surface area contributed by atoms with Crippen molar-refractivity contribution in [3.05, 3.63) is 41.1 Å². The molecule has 1 aromatic rings. The fourth-order valence-electron chi connectivity index (χ4n) is 2.03. The van der Waals surface area contributed by atoms with Gasteiger partial charge >= 0.3 is 5.97 Å². The predicted octanol–water partition coefficient (Wildman–Crippen LogP) is 2.06. The second kappa shape index (κ2) is 4.05. The normalized spacial score (nSPS) is 17.8. The Morgan fingerprint density at radius 2 is 2.06 bits per heavy atom. The van der Waals surface area contributed by atoms with Crippen LogP contribution in [0.2, 0.25) is 0 Å². The maximum atomic E-state index is 11.4. The molecule has 0 radical (unpaired) electrons. The van der Waals surface area contributed by atoms with Crippen LogP contribution in [0, 0.1) is 6.92 Å². The number of carboxylic acid groups (broad SMARTS) is 1. The average Bonchev–Trinajstić information content (AvgIpc) is 2.26. The van der Waals surface area contributed by atoms with E-state index in [1.807, 2.05) is 19.1 Å². The third kappa shape index (κ3) is 1.93. The van der Waals surface area contributed by atoms with Crippen LogP contribution >= 0.6 is 0 Å². The van der Waals surface area contributed by atoms with E-state index in [4.69, 9.17) is 0 Å². The van der Waals surface area contributed by atoms with Crippen molar-refractivity contribution in [3.8, 4) is 0 Å². The van der Waals surface area contributed by atoms with Gasteiger partial charge in [0.15, 0.2) is 5.78 Å². The first-order valence-corrected chi connectivity index (χ1v) is 5.31. The van der Waals surface area contributed by atoms with Crippen LogP contribution in [0.3, 0.4) is 0 Å². The van der Waals surface area contributed by atoms with Crippen LogP contribution in [0.15, 0.2) is 30.0 Å². The number of fused-ring (bicyclic) bond motifs is 1. The summed E-state index contributed by atoms with van der Waals surface area (Å²) in [6.07, 6.45) is 1.48. The van der Waals surface area contributed by atoms with Crippen molar-refractivity contribution in [3.63, 3.8) is 0 Å². The Morgan fingerprint density at radius 3 is 2.65 bits per heavy atom. The van der Waals surface area contributed by atoms with Gasteiger partial charge in [-0.1, -0.05) is 17.7 Å². The second-order valence-corrected chi connectivity index (χ2v) is 4.16. The van der Waals surface area contributed by atoms with Crippen LogP contribution in [0.4, 0.5) is 5.69 Å². The summed E-state index contributed by atoms with van der Waals surface area (Å²) in [6.45, 7) is 3.27. The van der Waals surface area contributed by atoms with Crippen molar-refractivity contribution in [2.75, 3.05) is 5.32 Å². The molecule has 1 aromatic carbocycles. The molecule has 1 atom stereocenters. The number of aryl methyl sites for hydroxylation is 1. The van der Waals surface area contributed by atoms with Crippen LogP contribution in [0.1, 0.15) is 24.0 Å². The average molecular weight is 231 g/mol. The lowest BCUT2D eigenvalue weighted by atomic mass is 9.85. The quantitative estimate of drug-likeness (QED) is 0.817. The summed E-state index contributed by atoms with van der Waals surface area (Å²) in [7, 11) is 0. The van der Waals surface area contributed by atoms with Crippen molar-refractivity contribution < 1.29 is 14.7 Å². The van der Waals surface area contributed by atoms with Gasteiger partial charge in [0, 0.05) is 17.5 Å². The number of hydrogen-bond donors (Lipinski definition) is 2. The Hall–Kier alpha value is -2.10. The Labute approximate surface area is 99.0 Å². The number of Topliss-reactive ketones (excluding diaryl/α,β-unsaturated/α-hetero) is 1. The summed E-state index contributed by atoms with van der Waals surface area (Å²) >= 11 is 0.